The van der Waals surface area contributed by atoms with Gasteiger partial charge >= 0.3 is 0 Å². The van der Waals surface area contributed by atoms with Crippen LogP contribution in [0.4, 0.5) is 0 Å². The Morgan fingerprint density at radius 3 is 2.53 bits per heavy atom. The van der Waals surface area contributed by atoms with E-state index in [0.717, 1.165) is 22.8 Å². The van der Waals surface area contributed by atoms with Gasteiger partial charge in [-0.1, -0.05) is 38.1 Å². The number of benzene rings is 2. The Bertz CT molecular complexity index is 1250. The molecule has 0 fully saturated rings. The maximum absolute atomic E-state index is 12.7. The standard InChI is InChI=1S/C27H30N4O4S/c1-5-33-23-16-19(10-11-22(23)35-13-12-34-21-9-7-6-8-18(21)4)15-20-25(28)31-27(29-26(20)32)36-24(30-31)14-17(2)3/h6-11,15-17,28H,5,12-14H2,1-4H3/b20-15-,28-25?. The van der Waals surface area contributed by atoms with Crippen LogP contribution in [0.1, 0.15) is 38.3 Å². The molecule has 9 heteroatoms. The van der Waals surface area contributed by atoms with Crippen LogP contribution in [0.5, 0.6) is 17.2 Å². The second-order valence-corrected chi connectivity index (χ2v) is 9.75. The van der Waals surface area contributed by atoms with Gasteiger partial charge in [-0.25, -0.2) is 0 Å². The summed E-state index contributed by atoms with van der Waals surface area (Å²) in [4.78, 5) is 16.9. The maximum Gasteiger partial charge on any atom is 0.283 e. The first-order chi connectivity index (χ1) is 17.4. The number of carbonyl (C=O) groups is 1. The molecule has 0 saturated carbocycles. The number of nitrogens with zero attached hydrogens (tertiary/aromatic N) is 3. The fourth-order valence-corrected chi connectivity index (χ4v) is 4.75. The molecule has 0 aliphatic carbocycles. The van der Waals surface area contributed by atoms with E-state index in [9.17, 15) is 4.79 Å². The van der Waals surface area contributed by atoms with Gasteiger partial charge in [0.2, 0.25) is 5.17 Å². The third-order valence-corrected chi connectivity index (χ3v) is 6.28. The lowest BCUT2D eigenvalue weighted by molar-refractivity contribution is -0.114. The summed E-state index contributed by atoms with van der Waals surface area (Å²) < 4.78 is 17.5. The number of ether oxygens (including phenoxy) is 3. The van der Waals surface area contributed by atoms with Crippen LogP contribution in [-0.4, -0.2) is 46.8 Å². The molecule has 0 saturated heterocycles. The van der Waals surface area contributed by atoms with Crippen LogP contribution in [-0.2, 0) is 4.79 Å². The zero-order valence-corrected chi connectivity index (χ0v) is 21.7. The quantitative estimate of drug-likeness (QED) is 0.337. The van der Waals surface area contributed by atoms with Crippen molar-refractivity contribution < 1.29 is 19.0 Å². The summed E-state index contributed by atoms with van der Waals surface area (Å²) in [6.45, 7) is 9.29. The van der Waals surface area contributed by atoms with Gasteiger partial charge in [0.1, 0.15) is 24.0 Å². The van der Waals surface area contributed by atoms with Crippen molar-refractivity contribution in [1.29, 1.82) is 5.41 Å². The van der Waals surface area contributed by atoms with Crippen molar-refractivity contribution in [1.82, 2.24) is 5.01 Å². The van der Waals surface area contributed by atoms with Gasteiger partial charge in [0.05, 0.1) is 12.2 Å². The van der Waals surface area contributed by atoms with Crippen molar-refractivity contribution in [2.45, 2.75) is 34.1 Å². The molecule has 2 aliphatic heterocycles. The van der Waals surface area contributed by atoms with E-state index in [1.165, 1.54) is 16.8 Å². The fourth-order valence-electron chi connectivity index (χ4n) is 3.65. The molecule has 0 spiro atoms. The second-order valence-electron chi connectivity index (χ2n) is 8.71. The predicted octanol–water partition coefficient (Wildman–Crippen LogP) is 5.52. The molecule has 36 heavy (non-hydrogen) atoms. The Balaban J connectivity index is 1.47. The summed E-state index contributed by atoms with van der Waals surface area (Å²) in [5, 5.41) is 15.8. The van der Waals surface area contributed by atoms with E-state index < -0.39 is 5.91 Å². The van der Waals surface area contributed by atoms with Crippen LogP contribution in [0.3, 0.4) is 0 Å². The van der Waals surface area contributed by atoms with Crippen LogP contribution in [0.15, 0.2) is 58.1 Å². The topological polar surface area (TPSA) is 96.6 Å². The van der Waals surface area contributed by atoms with Gasteiger partial charge in [-0.3, -0.25) is 10.2 Å². The van der Waals surface area contributed by atoms with Crippen LogP contribution in [0.2, 0.25) is 0 Å². The zero-order valence-electron chi connectivity index (χ0n) is 20.9. The van der Waals surface area contributed by atoms with E-state index in [2.05, 4.69) is 23.9 Å². The molecule has 1 N–H and O–H groups in total. The van der Waals surface area contributed by atoms with E-state index in [4.69, 9.17) is 19.6 Å². The Morgan fingerprint density at radius 1 is 1.06 bits per heavy atom. The summed E-state index contributed by atoms with van der Waals surface area (Å²) in [7, 11) is 0. The van der Waals surface area contributed by atoms with Gasteiger partial charge in [0, 0.05) is 6.42 Å². The number of nitrogens with one attached hydrogen (secondary N) is 1. The number of para-hydroxylation sites is 1. The molecule has 2 aromatic carbocycles. The highest BCUT2D eigenvalue weighted by Crippen LogP contribution is 2.33. The van der Waals surface area contributed by atoms with Crippen molar-refractivity contribution in [3.63, 3.8) is 0 Å². The minimum atomic E-state index is -0.452. The second kappa shape index (κ2) is 11.4. The largest absolute Gasteiger partial charge is 0.490 e. The number of thioether (sulfide) groups is 1. The molecule has 0 atom stereocenters. The highest BCUT2D eigenvalue weighted by molar-refractivity contribution is 8.26. The summed E-state index contributed by atoms with van der Waals surface area (Å²) in [5.41, 5.74) is 1.95. The highest BCUT2D eigenvalue weighted by Gasteiger charge is 2.35. The van der Waals surface area contributed by atoms with Crippen molar-refractivity contribution in [2.24, 2.45) is 16.0 Å². The van der Waals surface area contributed by atoms with Gasteiger partial charge < -0.3 is 14.2 Å². The molecule has 1 amide bonds. The van der Waals surface area contributed by atoms with Crippen molar-refractivity contribution in [3.05, 3.63) is 59.2 Å². The Kier molecular flexibility index (Phi) is 8.10. The van der Waals surface area contributed by atoms with Gasteiger partial charge in [0.25, 0.3) is 5.91 Å². The lowest BCUT2D eigenvalue weighted by Crippen LogP contribution is -2.35. The lowest BCUT2D eigenvalue weighted by atomic mass is 10.1. The van der Waals surface area contributed by atoms with Gasteiger partial charge in [-0.05, 0) is 66.9 Å². The van der Waals surface area contributed by atoms with Crippen molar-refractivity contribution >= 4 is 39.8 Å². The van der Waals surface area contributed by atoms with Gasteiger partial charge in [0.15, 0.2) is 17.3 Å². The van der Waals surface area contributed by atoms with Gasteiger partial charge in [-0.2, -0.15) is 15.1 Å². The third kappa shape index (κ3) is 5.96. The first-order valence-electron chi connectivity index (χ1n) is 11.9. The number of amidine groups is 2. The lowest BCUT2D eigenvalue weighted by Gasteiger charge is -2.20. The van der Waals surface area contributed by atoms with Crippen molar-refractivity contribution in [2.75, 3.05) is 19.8 Å². The van der Waals surface area contributed by atoms with E-state index >= 15 is 0 Å². The maximum atomic E-state index is 12.7. The minimum Gasteiger partial charge on any atom is -0.490 e. The van der Waals surface area contributed by atoms with Gasteiger partial charge in [-0.15, -0.1) is 0 Å². The number of aryl methyl sites for hydroxylation is 1. The zero-order chi connectivity index (χ0) is 25.7. The smallest absolute Gasteiger partial charge is 0.283 e. The predicted molar refractivity (Wildman–Crippen MR) is 144 cm³/mol. The van der Waals surface area contributed by atoms with Crippen LogP contribution in [0.25, 0.3) is 6.08 Å². The van der Waals surface area contributed by atoms with E-state index in [1.54, 1.807) is 18.2 Å². The number of carbonyl (C=O) groups excluding carboxylic acids is 1. The molecule has 0 radical (unpaired) electrons. The molecule has 2 heterocycles. The minimum absolute atomic E-state index is 0.0166. The summed E-state index contributed by atoms with van der Waals surface area (Å²) in [5.74, 6) is 1.95. The number of amides is 1. The van der Waals surface area contributed by atoms with Crippen LogP contribution < -0.4 is 14.2 Å². The molecule has 2 aromatic rings. The van der Waals surface area contributed by atoms with Crippen molar-refractivity contribution in [3.8, 4) is 17.2 Å². The first kappa shape index (κ1) is 25.5. The first-order valence-corrected chi connectivity index (χ1v) is 12.7. The monoisotopic (exact) mass is 506 g/mol. The van der Waals surface area contributed by atoms with E-state index in [-0.39, 0.29) is 11.4 Å². The molecule has 0 aromatic heterocycles. The molecule has 0 bridgehead atoms. The average Bonchev–Trinajstić information content (AvgIpc) is 3.23. The Hall–Kier alpha value is -3.59. The molecule has 0 unspecified atom stereocenters. The van der Waals surface area contributed by atoms with E-state index in [1.807, 2.05) is 44.2 Å². The number of hydrogen-bond acceptors (Lipinski definition) is 7. The molecular formula is C27H30N4O4S. The number of rotatable bonds is 10. The Labute approximate surface area is 215 Å². The fraction of sp³-hybridized carbons (Fsp3) is 0.333. The van der Waals surface area contributed by atoms with E-state index in [0.29, 0.717) is 48.0 Å². The Morgan fingerprint density at radius 2 is 1.81 bits per heavy atom. The molecule has 8 nitrogen and oxygen atoms in total. The average molecular weight is 507 g/mol. The number of hydrogen-bond donors (Lipinski definition) is 1. The number of fused-ring (bicyclic) bond motifs is 1. The number of hydrazone groups is 1. The highest BCUT2D eigenvalue weighted by atomic mass is 32.2. The van der Waals surface area contributed by atoms with Crippen LogP contribution >= 0.6 is 11.8 Å². The summed E-state index contributed by atoms with van der Waals surface area (Å²) in [6.07, 6.45) is 2.41. The third-order valence-electron chi connectivity index (χ3n) is 5.35. The molecular weight excluding hydrogens is 476 g/mol. The molecule has 4 rings (SSSR count). The normalized spacial score (nSPS) is 16.2. The molecule has 2 aliphatic rings. The molecule has 188 valence electrons. The summed E-state index contributed by atoms with van der Waals surface area (Å²) in [6, 6.07) is 13.2. The number of aliphatic imine (C=N–C) groups is 1. The van der Waals surface area contributed by atoms with Crippen LogP contribution in [0, 0.1) is 18.3 Å². The summed E-state index contributed by atoms with van der Waals surface area (Å²) >= 11 is 1.35. The SMILES string of the molecule is CCOc1cc(/C=C2/C(=N)N3N=C(CC(C)C)SC3=NC2=O)ccc1OCCOc1ccccc1C.